The monoisotopic (exact) mass is 231 g/mol. The molecule has 3 rings (SSSR count). The fourth-order valence-corrected chi connectivity index (χ4v) is 2.89. The average Bonchev–Trinajstić information content (AvgIpc) is 2.99. The summed E-state index contributed by atoms with van der Waals surface area (Å²) in [7, 11) is 0. The SMILES string of the molecule is O=C(OCc1ccccc1)C1CN2CCC1C2. The van der Waals surface area contributed by atoms with Crippen molar-refractivity contribution in [1.29, 1.82) is 0 Å². The van der Waals surface area contributed by atoms with Crippen molar-refractivity contribution in [2.45, 2.75) is 13.0 Å². The van der Waals surface area contributed by atoms with Gasteiger partial charge in [-0.1, -0.05) is 30.3 Å². The molecule has 2 heterocycles. The summed E-state index contributed by atoms with van der Waals surface area (Å²) in [5.41, 5.74) is 1.06. The lowest BCUT2D eigenvalue weighted by Crippen LogP contribution is -2.30. The molecule has 0 amide bonds. The number of ether oxygens (including phenoxy) is 1. The second-order valence-corrected chi connectivity index (χ2v) is 5.01. The van der Waals surface area contributed by atoms with Crippen LogP contribution in [0.25, 0.3) is 0 Å². The van der Waals surface area contributed by atoms with Gasteiger partial charge in [-0.3, -0.25) is 4.79 Å². The van der Waals surface area contributed by atoms with Gasteiger partial charge in [0.2, 0.25) is 0 Å². The third kappa shape index (κ3) is 2.20. The van der Waals surface area contributed by atoms with E-state index >= 15 is 0 Å². The molecule has 2 fully saturated rings. The molecule has 2 bridgehead atoms. The van der Waals surface area contributed by atoms with Crippen molar-refractivity contribution in [3.63, 3.8) is 0 Å². The standard InChI is InChI=1S/C14H17NO2/c16-14(13-9-15-7-6-12(13)8-15)17-10-11-4-2-1-3-5-11/h1-5,12-13H,6-10H2. The maximum Gasteiger partial charge on any atom is 0.310 e. The Kier molecular flexibility index (Phi) is 2.85. The first-order valence-electron chi connectivity index (χ1n) is 6.26. The zero-order valence-electron chi connectivity index (χ0n) is 9.84. The minimum absolute atomic E-state index is 0.0129. The Morgan fingerprint density at radius 2 is 2.12 bits per heavy atom. The van der Waals surface area contributed by atoms with Crippen molar-refractivity contribution in [3.8, 4) is 0 Å². The second-order valence-electron chi connectivity index (χ2n) is 5.01. The lowest BCUT2D eigenvalue weighted by molar-refractivity contribution is -0.151. The topological polar surface area (TPSA) is 29.5 Å². The fraction of sp³-hybridized carbons (Fsp3) is 0.500. The summed E-state index contributed by atoms with van der Waals surface area (Å²) in [4.78, 5) is 14.3. The molecule has 0 spiro atoms. The molecule has 3 heteroatoms. The highest BCUT2D eigenvalue weighted by atomic mass is 16.5. The minimum atomic E-state index is -0.0129. The van der Waals surface area contributed by atoms with Crippen LogP contribution in [-0.2, 0) is 16.1 Å². The molecule has 0 saturated carbocycles. The summed E-state index contributed by atoms with van der Waals surface area (Å²) in [6.45, 7) is 3.55. The van der Waals surface area contributed by atoms with Crippen molar-refractivity contribution in [1.82, 2.24) is 4.90 Å². The predicted octanol–water partition coefficient (Wildman–Crippen LogP) is 1.68. The Hall–Kier alpha value is -1.35. The highest BCUT2D eigenvalue weighted by molar-refractivity contribution is 5.73. The van der Waals surface area contributed by atoms with E-state index in [9.17, 15) is 4.79 Å². The lowest BCUT2D eigenvalue weighted by Gasteiger charge is -2.20. The van der Waals surface area contributed by atoms with Crippen molar-refractivity contribution in [3.05, 3.63) is 35.9 Å². The molecule has 2 aliphatic heterocycles. The minimum Gasteiger partial charge on any atom is -0.461 e. The van der Waals surface area contributed by atoms with Crippen LogP contribution < -0.4 is 0 Å². The molecule has 0 aromatic heterocycles. The van der Waals surface area contributed by atoms with Crippen molar-refractivity contribution in [2.24, 2.45) is 11.8 Å². The number of hydrogen-bond acceptors (Lipinski definition) is 3. The number of esters is 1. The van der Waals surface area contributed by atoms with Crippen LogP contribution in [0.4, 0.5) is 0 Å². The van der Waals surface area contributed by atoms with Crippen LogP contribution in [0, 0.1) is 11.8 Å². The van der Waals surface area contributed by atoms with Crippen LogP contribution in [0.2, 0.25) is 0 Å². The van der Waals surface area contributed by atoms with Crippen LogP contribution >= 0.6 is 0 Å². The van der Waals surface area contributed by atoms with Gasteiger partial charge in [-0.25, -0.2) is 0 Å². The van der Waals surface area contributed by atoms with Gasteiger partial charge < -0.3 is 9.64 Å². The van der Waals surface area contributed by atoms with Gasteiger partial charge >= 0.3 is 5.97 Å². The van der Waals surface area contributed by atoms with Crippen molar-refractivity contribution >= 4 is 5.97 Å². The Labute approximate surface area is 101 Å². The molecule has 3 atom stereocenters. The van der Waals surface area contributed by atoms with Crippen LogP contribution in [0.3, 0.4) is 0 Å². The zero-order valence-corrected chi connectivity index (χ0v) is 9.84. The number of carbonyl (C=O) groups excluding carboxylic acids is 1. The van der Waals surface area contributed by atoms with Gasteiger partial charge in [0.05, 0.1) is 5.92 Å². The molecule has 3 nitrogen and oxygen atoms in total. The van der Waals surface area contributed by atoms with E-state index in [0.717, 1.165) is 31.6 Å². The first-order chi connectivity index (χ1) is 8.33. The van der Waals surface area contributed by atoms with E-state index in [0.29, 0.717) is 12.5 Å². The third-order valence-electron chi connectivity index (χ3n) is 3.86. The lowest BCUT2D eigenvalue weighted by atomic mass is 9.93. The first kappa shape index (κ1) is 10.8. The van der Waals surface area contributed by atoms with E-state index in [1.54, 1.807) is 0 Å². The van der Waals surface area contributed by atoms with Gasteiger partial charge in [0.25, 0.3) is 0 Å². The van der Waals surface area contributed by atoms with E-state index in [4.69, 9.17) is 4.74 Å². The van der Waals surface area contributed by atoms with Crippen LogP contribution in [-0.4, -0.2) is 30.5 Å². The van der Waals surface area contributed by atoms with E-state index in [1.165, 1.54) is 0 Å². The van der Waals surface area contributed by atoms with Gasteiger partial charge in [0.1, 0.15) is 6.61 Å². The predicted molar refractivity (Wildman–Crippen MR) is 64.3 cm³/mol. The average molecular weight is 231 g/mol. The number of piperidine rings is 1. The summed E-state index contributed by atoms with van der Waals surface area (Å²) in [6, 6.07) is 9.86. The fourth-order valence-electron chi connectivity index (χ4n) is 2.89. The van der Waals surface area contributed by atoms with E-state index in [2.05, 4.69) is 4.90 Å². The molecule has 1 aromatic carbocycles. The molecule has 0 aliphatic carbocycles. The number of benzene rings is 1. The molecule has 3 unspecified atom stereocenters. The molecular weight excluding hydrogens is 214 g/mol. The highest BCUT2D eigenvalue weighted by Crippen LogP contribution is 2.33. The highest BCUT2D eigenvalue weighted by Gasteiger charge is 2.42. The van der Waals surface area contributed by atoms with E-state index in [-0.39, 0.29) is 11.9 Å². The molecule has 0 N–H and O–H groups in total. The first-order valence-corrected chi connectivity index (χ1v) is 6.26. The summed E-state index contributed by atoms with van der Waals surface area (Å²) in [5.74, 6) is 0.645. The Bertz CT molecular complexity index is 404. The van der Waals surface area contributed by atoms with Gasteiger partial charge in [-0.05, 0) is 24.4 Å². The van der Waals surface area contributed by atoms with Gasteiger partial charge in [0.15, 0.2) is 0 Å². The zero-order chi connectivity index (χ0) is 11.7. The van der Waals surface area contributed by atoms with E-state index in [1.807, 2.05) is 30.3 Å². The number of rotatable bonds is 3. The second kappa shape index (κ2) is 4.49. The molecule has 2 saturated heterocycles. The van der Waals surface area contributed by atoms with Crippen LogP contribution in [0.5, 0.6) is 0 Å². The summed E-state index contributed by atoms with van der Waals surface area (Å²) in [5, 5.41) is 0. The summed E-state index contributed by atoms with van der Waals surface area (Å²) < 4.78 is 5.40. The molecule has 2 aliphatic rings. The number of carbonyl (C=O) groups is 1. The van der Waals surface area contributed by atoms with Crippen molar-refractivity contribution in [2.75, 3.05) is 19.6 Å². The van der Waals surface area contributed by atoms with Gasteiger partial charge in [0, 0.05) is 13.1 Å². The smallest absolute Gasteiger partial charge is 0.310 e. The molecular formula is C14H17NO2. The quantitative estimate of drug-likeness (QED) is 0.741. The maximum atomic E-state index is 12.0. The number of hydrogen-bond donors (Lipinski definition) is 0. The van der Waals surface area contributed by atoms with Crippen LogP contribution in [0.1, 0.15) is 12.0 Å². The summed E-state index contributed by atoms with van der Waals surface area (Å²) in [6.07, 6.45) is 1.16. The largest absolute Gasteiger partial charge is 0.461 e. The number of nitrogens with zero attached hydrogens (tertiary/aromatic N) is 1. The molecule has 1 aromatic rings. The van der Waals surface area contributed by atoms with Gasteiger partial charge in [-0.15, -0.1) is 0 Å². The maximum absolute atomic E-state index is 12.0. The van der Waals surface area contributed by atoms with Crippen LogP contribution in [0.15, 0.2) is 30.3 Å². The summed E-state index contributed by atoms with van der Waals surface area (Å²) >= 11 is 0. The molecule has 90 valence electrons. The van der Waals surface area contributed by atoms with E-state index < -0.39 is 0 Å². The van der Waals surface area contributed by atoms with Gasteiger partial charge in [-0.2, -0.15) is 0 Å². The van der Waals surface area contributed by atoms with Crippen molar-refractivity contribution < 1.29 is 9.53 Å². The Balaban J connectivity index is 1.54. The normalized spacial score (nSPS) is 30.5. The Morgan fingerprint density at radius 1 is 1.29 bits per heavy atom. The number of fused-ring (bicyclic) bond motifs is 2. The Morgan fingerprint density at radius 3 is 2.76 bits per heavy atom. The molecule has 0 radical (unpaired) electrons. The third-order valence-corrected chi connectivity index (χ3v) is 3.86. The molecule has 17 heavy (non-hydrogen) atoms.